The van der Waals surface area contributed by atoms with Crippen molar-refractivity contribution < 1.29 is 9.53 Å². The number of ether oxygens (including phenoxy) is 1. The number of hydrogen-bond acceptors (Lipinski definition) is 3. The molecular formula is C13H18ClNO2. The van der Waals surface area contributed by atoms with Gasteiger partial charge in [0.25, 0.3) is 0 Å². The second-order valence-electron chi connectivity index (χ2n) is 3.73. The van der Waals surface area contributed by atoms with Crippen LogP contribution in [-0.2, 0) is 11.3 Å². The van der Waals surface area contributed by atoms with Crippen LogP contribution in [-0.4, -0.2) is 31.1 Å². The molecule has 1 aromatic carbocycles. The molecule has 0 heterocycles. The number of carbonyl (C=O) groups is 1. The number of rotatable bonds is 5. The monoisotopic (exact) mass is 255 g/mol. The van der Waals surface area contributed by atoms with Crippen molar-refractivity contribution in [2.24, 2.45) is 0 Å². The van der Waals surface area contributed by atoms with Crippen LogP contribution in [0.2, 0.25) is 5.02 Å². The largest absolute Gasteiger partial charge is 0.465 e. The third kappa shape index (κ3) is 3.45. The number of carbonyl (C=O) groups excluding carboxylic acids is 1. The Kier molecular flexibility index (Phi) is 5.45. The molecule has 17 heavy (non-hydrogen) atoms. The number of hydrogen-bond donors (Lipinski definition) is 0. The molecule has 0 N–H and O–H groups in total. The average molecular weight is 256 g/mol. The number of halogens is 1. The van der Waals surface area contributed by atoms with Crippen LogP contribution in [0.3, 0.4) is 0 Å². The van der Waals surface area contributed by atoms with Gasteiger partial charge < -0.3 is 4.74 Å². The molecule has 0 unspecified atom stereocenters. The second kappa shape index (κ2) is 6.62. The van der Waals surface area contributed by atoms with E-state index < -0.39 is 0 Å². The van der Waals surface area contributed by atoms with Crippen molar-refractivity contribution in [3.05, 3.63) is 34.3 Å². The zero-order valence-corrected chi connectivity index (χ0v) is 11.3. The fourth-order valence-electron chi connectivity index (χ4n) is 1.72. The lowest BCUT2D eigenvalue weighted by molar-refractivity contribution is 0.0598. The maximum atomic E-state index is 11.7. The standard InChI is InChI=1S/C13H18ClNO2/c1-4-15(5-2)9-10-7-6-8-11(14)12(10)13(16)17-3/h6-8H,4-5,9H2,1-3H3. The first-order valence-electron chi connectivity index (χ1n) is 5.72. The molecule has 3 nitrogen and oxygen atoms in total. The summed E-state index contributed by atoms with van der Waals surface area (Å²) in [5.74, 6) is -0.377. The summed E-state index contributed by atoms with van der Waals surface area (Å²) in [7, 11) is 1.37. The first-order valence-corrected chi connectivity index (χ1v) is 6.09. The van der Waals surface area contributed by atoms with Gasteiger partial charge in [0.1, 0.15) is 0 Å². The van der Waals surface area contributed by atoms with Crippen molar-refractivity contribution in [2.45, 2.75) is 20.4 Å². The fraction of sp³-hybridized carbons (Fsp3) is 0.462. The molecule has 0 aromatic heterocycles. The Balaban J connectivity index is 3.06. The van der Waals surface area contributed by atoms with Gasteiger partial charge in [0.15, 0.2) is 0 Å². The van der Waals surface area contributed by atoms with E-state index in [1.807, 2.05) is 12.1 Å². The molecule has 0 aliphatic carbocycles. The van der Waals surface area contributed by atoms with Crippen molar-refractivity contribution in [3.8, 4) is 0 Å². The van der Waals surface area contributed by atoms with Gasteiger partial charge in [-0.1, -0.05) is 37.6 Å². The lowest BCUT2D eigenvalue weighted by atomic mass is 10.1. The van der Waals surface area contributed by atoms with Crippen LogP contribution in [0.15, 0.2) is 18.2 Å². The van der Waals surface area contributed by atoms with Crippen LogP contribution in [0, 0.1) is 0 Å². The highest BCUT2D eigenvalue weighted by Crippen LogP contribution is 2.22. The maximum Gasteiger partial charge on any atom is 0.339 e. The first kappa shape index (κ1) is 14.0. The number of esters is 1. The van der Waals surface area contributed by atoms with E-state index >= 15 is 0 Å². The molecule has 0 saturated heterocycles. The van der Waals surface area contributed by atoms with Crippen LogP contribution in [0.1, 0.15) is 29.8 Å². The predicted octanol–water partition coefficient (Wildman–Crippen LogP) is 2.97. The summed E-state index contributed by atoms with van der Waals surface area (Å²) in [6, 6.07) is 5.48. The summed E-state index contributed by atoms with van der Waals surface area (Å²) < 4.78 is 4.76. The van der Waals surface area contributed by atoms with E-state index in [-0.39, 0.29) is 5.97 Å². The predicted molar refractivity (Wildman–Crippen MR) is 69.4 cm³/mol. The van der Waals surface area contributed by atoms with Gasteiger partial charge in [-0.25, -0.2) is 4.79 Å². The van der Waals surface area contributed by atoms with E-state index in [2.05, 4.69) is 18.7 Å². The van der Waals surface area contributed by atoms with Gasteiger partial charge in [0.05, 0.1) is 17.7 Å². The Morgan fingerprint density at radius 3 is 2.53 bits per heavy atom. The van der Waals surface area contributed by atoms with Gasteiger partial charge in [-0.05, 0) is 24.7 Å². The van der Waals surface area contributed by atoms with E-state index in [1.165, 1.54) is 7.11 Å². The van der Waals surface area contributed by atoms with Gasteiger partial charge in [0.2, 0.25) is 0 Å². The normalized spacial score (nSPS) is 10.6. The van der Waals surface area contributed by atoms with Gasteiger partial charge in [-0.2, -0.15) is 0 Å². The zero-order valence-electron chi connectivity index (χ0n) is 10.5. The van der Waals surface area contributed by atoms with Gasteiger partial charge in [-0.15, -0.1) is 0 Å². The van der Waals surface area contributed by atoms with E-state index in [4.69, 9.17) is 16.3 Å². The van der Waals surface area contributed by atoms with Gasteiger partial charge >= 0.3 is 5.97 Å². The van der Waals surface area contributed by atoms with Crippen LogP contribution in [0.25, 0.3) is 0 Å². The molecule has 0 aliphatic rings. The molecular weight excluding hydrogens is 238 g/mol. The van der Waals surface area contributed by atoms with Crippen LogP contribution >= 0.6 is 11.6 Å². The van der Waals surface area contributed by atoms with Gasteiger partial charge in [-0.3, -0.25) is 4.90 Å². The number of methoxy groups -OCH3 is 1. The minimum absolute atomic E-state index is 0.377. The van der Waals surface area contributed by atoms with Gasteiger partial charge in [0, 0.05) is 6.54 Å². The van der Waals surface area contributed by atoms with Crippen molar-refractivity contribution in [1.29, 1.82) is 0 Å². The smallest absolute Gasteiger partial charge is 0.339 e. The van der Waals surface area contributed by atoms with Crippen LogP contribution in [0.4, 0.5) is 0 Å². The third-order valence-corrected chi connectivity index (χ3v) is 3.09. The highest BCUT2D eigenvalue weighted by Gasteiger charge is 2.16. The number of benzene rings is 1. The van der Waals surface area contributed by atoms with E-state index in [0.29, 0.717) is 17.1 Å². The van der Waals surface area contributed by atoms with Crippen molar-refractivity contribution in [1.82, 2.24) is 4.90 Å². The summed E-state index contributed by atoms with van der Waals surface area (Å²) in [5, 5.41) is 0.446. The van der Waals surface area contributed by atoms with Crippen LogP contribution < -0.4 is 0 Å². The van der Waals surface area contributed by atoms with Crippen LogP contribution in [0.5, 0.6) is 0 Å². The minimum Gasteiger partial charge on any atom is -0.465 e. The van der Waals surface area contributed by atoms with Crippen molar-refractivity contribution >= 4 is 17.6 Å². The molecule has 0 amide bonds. The Morgan fingerprint density at radius 1 is 1.35 bits per heavy atom. The van der Waals surface area contributed by atoms with E-state index in [0.717, 1.165) is 18.7 Å². The van der Waals surface area contributed by atoms with Crippen molar-refractivity contribution in [2.75, 3.05) is 20.2 Å². The lowest BCUT2D eigenvalue weighted by Crippen LogP contribution is -2.23. The second-order valence-corrected chi connectivity index (χ2v) is 4.13. The Labute approximate surface area is 107 Å². The molecule has 1 aromatic rings. The van der Waals surface area contributed by atoms with Crippen molar-refractivity contribution in [3.63, 3.8) is 0 Å². The van der Waals surface area contributed by atoms with E-state index in [1.54, 1.807) is 6.07 Å². The molecule has 0 saturated carbocycles. The zero-order chi connectivity index (χ0) is 12.8. The Hall–Kier alpha value is -1.06. The minimum atomic E-state index is -0.377. The lowest BCUT2D eigenvalue weighted by Gasteiger charge is -2.19. The highest BCUT2D eigenvalue weighted by atomic mass is 35.5. The summed E-state index contributed by atoms with van der Waals surface area (Å²) in [6.45, 7) is 6.75. The molecule has 0 spiro atoms. The topological polar surface area (TPSA) is 29.5 Å². The summed E-state index contributed by atoms with van der Waals surface area (Å²) in [4.78, 5) is 13.9. The van der Waals surface area contributed by atoms with E-state index in [9.17, 15) is 4.79 Å². The maximum absolute atomic E-state index is 11.7. The summed E-state index contributed by atoms with van der Waals surface area (Å²) >= 11 is 6.05. The molecule has 0 aliphatic heterocycles. The number of nitrogens with zero attached hydrogens (tertiary/aromatic N) is 1. The molecule has 4 heteroatoms. The first-order chi connectivity index (χ1) is 8.13. The SMILES string of the molecule is CCN(CC)Cc1cccc(Cl)c1C(=O)OC. The summed E-state index contributed by atoms with van der Waals surface area (Å²) in [6.07, 6.45) is 0. The average Bonchev–Trinajstić information content (AvgIpc) is 2.35. The fourth-order valence-corrected chi connectivity index (χ4v) is 1.99. The third-order valence-electron chi connectivity index (χ3n) is 2.78. The molecule has 0 bridgehead atoms. The quantitative estimate of drug-likeness (QED) is 0.758. The molecule has 0 atom stereocenters. The molecule has 1 rings (SSSR count). The Morgan fingerprint density at radius 2 is 2.00 bits per heavy atom. The molecule has 0 fully saturated rings. The highest BCUT2D eigenvalue weighted by molar-refractivity contribution is 6.33. The summed E-state index contributed by atoms with van der Waals surface area (Å²) in [5.41, 5.74) is 1.39. The Bertz CT molecular complexity index is 389. The molecule has 0 radical (unpaired) electrons. The molecule has 94 valence electrons.